The van der Waals surface area contributed by atoms with Gasteiger partial charge in [-0.05, 0) is 49.2 Å². The van der Waals surface area contributed by atoms with E-state index in [1.807, 2.05) is 26.0 Å². The van der Waals surface area contributed by atoms with Gasteiger partial charge < -0.3 is 9.64 Å². The van der Waals surface area contributed by atoms with Crippen LogP contribution in [0.15, 0.2) is 37.0 Å². The van der Waals surface area contributed by atoms with E-state index in [0.717, 1.165) is 28.4 Å². The fourth-order valence-electron chi connectivity index (χ4n) is 4.41. The van der Waals surface area contributed by atoms with Gasteiger partial charge in [0.15, 0.2) is 5.82 Å². The lowest BCUT2D eigenvalue weighted by Crippen LogP contribution is -2.40. The number of carbonyl (C=O) groups is 1. The number of fused-ring (bicyclic) bond motifs is 2. The minimum absolute atomic E-state index is 0.131. The van der Waals surface area contributed by atoms with Crippen molar-refractivity contribution in [3.8, 4) is 0 Å². The highest BCUT2D eigenvalue weighted by Crippen LogP contribution is 2.32. The molecular formula is C26H33FN4O2Si. The number of hydrogen-bond acceptors (Lipinski definition) is 4. The Morgan fingerprint density at radius 3 is 2.76 bits per heavy atom. The molecule has 0 saturated heterocycles. The average Bonchev–Trinajstić information content (AvgIpc) is 3.16. The molecule has 180 valence electrons. The van der Waals surface area contributed by atoms with E-state index in [9.17, 15) is 9.18 Å². The number of pyridine rings is 1. The van der Waals surface area contributed by atoms with E-state index in [1.54, 1.807) is 21.7 Å². The predicted molar refractivity (Wildman–Crippen MR) is 136 cm³/mol. The van der Waals surface area contributed by atoms with Gasteiger partial charge in [-0.3, -0.25) is 14.3 Å². The van der Waals surface area contributed by atoms with Crippen LogP contribution in [0.5, 0.6) is 0 Å². The summed E-state index contributed by atoms with van der Waals surface area (Å²) < 4.78 is 22.6. The number of imidazole rings is 1. The summed E-state index contributed by atoms with van der Waals surface area (Å²) in [5, 5.41) is 0. The maximum Gasteiger partial charge on any atom is 0.290 e. The molecule has 0 radical (unpaired) electrons. The molecule has 1 amide bonds. The van der Waals surface area contributed by atoms with Gasteiger partial charge >= 0.3 is 0 Å². The molecule has 0 unspecified atom stereocenters. The molecule has 0 bridgehead atoms. The molecule has 2 aromatic heterocycles. The summed E-state index contributed by atoms with van der Waals surface area (Å²) in [6, 6.07) is 7.82. The second kappa shape index (κ2) is 9.42. The van der Waals surface area contributed by atoms with E-state index in [4.69, 9.17) is 4.74 Å². The molecular weight excluding hydrogens is 447 g/mol. The maximum absolute atomic E-state index is 14.9. The zero-order chi connectivity index (χ0) is 24.6. The maximum atomic E-state index is 14.9. The van der Waals surface area contributed by atoms with Gasteiger partial charge in [-0.25, -0.2) is 9.37 Å². The van der Waals surface area contributed by atoms with E-state index in [-0.39, 0.29) is 30.0 Å². The van der Waals surface area contributed by atoms with E-state index in [2.05, 4.69) is 36.2 Å². The first-order valence-electron chi connectivity index (χ1n) is 11.8. The van der Waals surface area contributed by atoms with Crippen LogP contribution < -0.4 is 0 Å². The van der Waals surface area contributed by atoms with E-state index in [0.29, 0.717) is 25.1 Å². The Hall–Kier alpha value is -2.84. The minimum atomic E-state index is -1.28. The molecule has 3 heterocycles. The molecule has 0 saturated carbocycles. The summed E-state index contributed by atoms with van der Waals surface area (Å²) >= 11 is 0. The van der Waals surface area contributed by atoms with Crippen molar-refractivity contribution in [1.82, 2.24) is 19.4 Å². The van der Waals surface area contributed by atoms with Crippen LogP contribution in [-0.2, 0) is 17.9 Å². The van der Waals surface area contributed by atoms with E-state index < -0.39 is 13.9 Å². The Morgan fingerprint density at radius 2 is 2.06 bits per heavy atom. The van der Waals surface area contributed by atoms with Crippen LogP contribution in [-0.4, -0.2) is 46.6 Å². The van der Waals surface area contributed by atoms with Gasteiger partial charge in [0.1, 0.15) is 12.2 Å². The number of amides is 1. The van der Waals surface area contributed by atoms with E-state index >= 15 is 0 Å². The van der Waals surface area contributed by atoms with Crippen LogP contribution in [0.1, 0.15) is 47.3 Å². The normalized spacial score (nSPS) is 16.1. The topological polar surface area (TPSA) is 60.2 Å². The largest absolute Gasteiger partial charge is 0.361 e. The summed E-state index contributed by atoms with van der Waals surface area (Å²) in [5.41, 5.74) is 4.30. The van der Waals surface area contributed by atoms with Gasteiger partial charge in [0, 0.05) is 45.1 Å². The highest BCUT2D eigenvalue weighted by Gasteiger charge is 2.32. The van der Waals surface area contributed by atoms with Crippen LogP contribution in [0.2, 0.25) is 25.7 Å². The van der Waals surface area contributed by atoms with Gasteiger partial charge in [0.25, 0.3) is 5.91 Å². The Kier molecular flexibility index (Phi) is 6.73. The summed E-state index contributed by atoms with van der Waals surface area (Å²) in [4.78, 5) is 24.6. The lowest BCUT2D eigenvalue weighted by Gasteiger charge is -2.34. The first-order chi connectivity index (χ1) is 16.1. The fourth-order valence-corrected chi connectivity index (χ4v) is 5.16. The molecule has 1 aliphatic rings. The zero-order valence-corrected chi connectivity index (χ0v) is 21.7. The second-order valence-electron chi connectivity index (χ2n) is 10.2. The molecule has 4 rings (SSSR count). The predicted octanol–water partition coefficient (Wildman–Crippen LogP) is 5.68. The summed E-state index contributed by atoms with van der Waals surface area (Å²) in [7, 11) is -1.28. The summed E-state index contributed by atoms with van der Waals surface area (Å²) in [5.74, 6) is -0.509. The number of carbonyl (C=O) groups excluding carboxylic acids is 1. The van der Waals surface area contributed by atoms with Crippen LogP contribution in [0, 0.1) is 5.82 Å². The average molecular weight is 481 g/mol. The molecule has 1 aliphatic heterocycles. The summed E-state index contributed by atoms with van der Waals surface area (Å²) in [6.07, 6.45) is 2.45. The SMILES string of the molecule is C=C(C)c1ccc(F)c2nc(C(=O)N3CCc4ncccc4[C@H]3C)n(COCC[Si](C)(C)C)c12. The van der Waals surface area contributed by atoms with Crippen LogP contribution >= 0.6 is 0 Å². The van der Waals surface area contributed by atoms with Gasteiger partial charge in [-0.15, -0.1) is 0 Å². The van der Waals surface area contributed by atoms with Crippen LogP contribution in [0.4, 0.5) is 4.39 Å². The van der Waals surface area contributed by atoms with Crippen molar-refractivity contribution in [2.24, 2.45) is 0 Å². The van der Waals surface area contributed by atoms with Gasteiger partial charge in [0.2, 0.25) is 5.82 Å². The number of benzene rings is 1. The molecule has 0 spiro atoms. The molecule has 0 aliphatic carbocycles. The highest BCUT2D eigenvalue weighted by atomic mass is 28.3. The van der Waals surface area contributed by atoms with Gasteiger partial charge in [-0.1, -0.05) is 32.3 Å². The fraction of sp³-hybridized carbons (Fsp3) is 0.423. The lowest BCUT2D eigenvalue weighted by atomic mass is 9.98. The number of rotatable bonds is 7. The van der Waals surface area contributed by atoms with Crippen molar-refractivity contribution in [3.63, 3.8) is 0 Å². The molecule has 0 fully saturated rings. The van der Waals surface area contributed by atoms with E-state index in [1.165, 1.54) is 6.07 Å². The lowest BCUT2D eigenvalue weighted by molar-refractivity contribution is 0.0606. The Bertz CT molecular complexity index is 1250. The van der Waals surface area contributed by atoms with Crippen molar-refractivity contribution < 1.29 is 13.9 Å². The molecule has 8 heteroatoms. The second-order valence-corrected chi connectivity index (χ2v) is 15.9. The summed E-state index contributed by atoms with van der Waals surface area (Å²) in [6.45, 7) is 16.0. The highest BCUT2D eigenvalue weighted by molar-refractivity contribution is 6.76. The monoisotopic (exact) mass is 480 g/mol. The number of aromatic nitrogens is 3. The van der Waals surface area contributed by atoms with Crippen molar-refractivity contribution in [2.45, 2.75) is 58.7 Å². The number of halogens is 1. The van der Waals surface area contributed by atoms with Crippen LogP contribution in [0.25, 0.3) is 16.6 Å². The third-order valence-electron chi connectivity index (χ3n) is 6.41. The molecule has 0 N–H and O–H groups in total. The third-order valence-corrected chi connectivity index (χ3v) is 8.11. The van der Waals surface area contributed by atoms with Gasteiger partial charge in [-0.2, -0.15) is 0 Å². The van der Waals surface area contributed by atoms with Crippen molar-refractivity contribution >= 4 is 30.6 Å². The van der Waals surface area contributed by atoms with Gasteiger partial charge in [0.05, 0.1) is 11.6 Å². The number of ether oxygens (including phenoxy) is 1. The van der Waals surface area contributed by atoms with Crippen molar-refractivity contribution in [2.75, 3.05) is 13.2 Å². The first kappa shape index (κ1) is 24.3. The number of nitrogens with zero attached hydrogens (tertiary/aromatic N) is 4. The van der Waals surface area contributed by atoms with Crippen LogP contribution in [0.3, 0.4) is 0 Å². The third kappa shape index (κ3) is 4.70. The molecule has 34 heavy (non-hydrogen) atoms. The zero-order valence-electron chi connectivity index (χ0n) is 20.7. The molecule has 6 nitrogen and oxygen atoms in total. The molecule has 1 aromatic carbocycles. The molecule has 3 aromatic rings. The molecule has 1 atom stereocenters. The van der Waals surface area contributed by atoms with Crippen molar-refractivity contribution in [3.05, 3.63) is 65.5 Å². The standard InChI is InChI=1S/C26H33FN4O2Si/c1-17(2)19-9-10-21(27)23-24(19)31(16-33-14-15-34(4,5)6)25(29-23)26(32)30-13-11-22-20(18(30)3)8-7-12-28-22/h7-10,12,18H,1,11,13-16H2,2-6H3/t18-/m1/s1. The Labute approximate surface area is 201 Å². The first-order valence-corrected chi connectivity index (χ1v) is 15.5. The minimum Gasteiger partial charge on any atom is -0.361 e. The quantitative estimate of drug-likeness (QED) is 0.323. The smallest absolute Gasteiger partial charge is 0.290 e. The number of hydrogen-bond donors (Lipinski definition) is 0. The Morgan fingerprint density at radius 1 is 1.29 bits per heavy atom. The Balaban J connectivity index is 1.75. The van der Waals surface area contributed by atoms with Crippen molar-refractivity contribution in [1.29, 1.82) is 0 Å². The number of allylic oxidation sites excluding steroid dienone is 1.